The topological polar surface area (TPSA) is 49.4 Å². The van der Waals surface area contributed by atoms with Gasteiger partial charge in [-0.05, 0) is 49.8 Å². The molecule has 1 aromatic carbocycles. The number of amides is 2. The molecule has 112 valence electrons. The van der Waals surface area contributed by atoms with Crippen LogP contribution in [0.3, 0.4) is 0 Å². The van der Waals surface area contributed by atoms with Crippen LogP contribution in [0.25, 0.3) is 0 Å². The van der Waals surface area contributed by atoms with E-state index < -0.39 is 5.54 Å². The summed E-state index contributed by atoms with van der Waals surface area (Å²) in [6, 6.07) is 6.35. The molecule has 2 amide bonds. The van der Waals surface area contributed by atoms with Crippen LogP contribution in [0.2, 0.25) is 0 Å². The third-order valence-corrected chi connectivity index (χ3v) is 4.42. The summed E-state index contributed by atoms with van der Waals surface area (Å²) in [7, 11) is 0. The zero-order valence-electron chi connectivity index (χ0n) is 12.1. The lowest BCUT2D eigenvalue weighted by atomic mass is 9.91. The predicted octanol–water partition coefficient (Wildman–Crippen LogP) is 1.50. The van der Waals surface area contributed by atoms with Crippen molar-refractivity contribution in [3.05, 3.63) is 35.6 Å². The van der Waals surface area contributed by atoms with Crippen molar-refractivity contribution in [3.8, 4) is 0 Å². The Kier molecular flexibility index (Phi) is 3.43. The zero-order chi connectivity index (χ0) is 15.0. The van der Waals surface area contributed by atoms with Crippen molar-refractivity contribution < 1.29 is 14.0 Å². The average molecular weight is 290 g/mol. The molecule has 1 heterocycles. The summed E-state index contributed by atoms with van der Waals surface area (Å²) in [5, 5.41) is 2.85. The number of hydrogen-bond acceptors (Lipinski definition) is 2. The average Bonchev–Trinajstić information content (AvgIpc) is 3.26. The Bertz CT molecular complexity index is 585. The van der Waals surface area contributed by atoms with Crippen molar-refractivity contribution in [2.24, 2.45) is 5.92 Å². The van der Waals surface area contributed by atoms with Gasteiger partial charge in [-0.1, -0.05) is 12.1 Å². The second kappa shape index (κ2) is 5.13. The van der Waals surface area contributed by atoms with Crippen LogP contribution in [-0.2, 0) is 16.0 Å². The molecule has 0 spiro atoms. The van der Waals surface area contributed by atoms with Crippen molar-refractivity contribution in [1.29, 1.82) is 0 Å². The first-order valence-corrected chi connectivity index (χ1v) is 7.34. The Morgan fingerprint density at radius 1 is 1.38 bits per heavy atom. The third-order valence-electron chi connectivity index (χ3n) is 4.42. The molecule has 0 bridgehead atoms. The Morgan fingerprint density at radius 3 is 2.81 bits per heavy atom. The SMILES string of the molecule is CC1(C2CC2)NC(=O)CN(CCc2cccc(F)c2)C1=O. The molecule has 1 N–H and O–H groups in total. The van der Waals surface area contributed by atoms with E-state index in [4.69, 9.17) is 0 Å². The zero-order valence-corrected chi connectivity index (χ0v) is 12.1. The van der Waals surface area contributed by atoms with E-state index in [9.17, 15) is 14.0 Å². The fourth-order valence-electron chi connectivity index (χ4n) is 3.03. The summed E-state index contributed by atoms with van der Waals surface area (Å²) < 4.78 is 13.2. The fourth-order valence-corrected chi connectivity index (χ4v) is 3.03. The van der Waals surface area contributed by atoms with Gasteiger partial charge in [-0.15, -0.1) is 0 Å². The van der Waals surface area contributed by atoms with Gasteiger partial charge >= 0.3 is 0 Å². The number of hydrogen-bond donors (Lipinski definition) is 1. The molecule has 1 aliphatic carbocycles. The standard InChI is InChI=1S/C16H19FN2O2/c1-16(12-5-6-12)15(21)19(10-14(20)18-16)8-7-11-3-2-4-13(17)9-11/h2-4,9,12H,5-8,10H2,1H3,(H,18,20). The molecule has 1 saturated heterocycles. The van der Waals surface area contributed by atoms with E-state index in [1.807, 2.05) is 13.0 Å². The van der Waals surface area contributed by atoms with Crippen molar-refractivity contribution in [3.63, 3.8) is 0 Å². The smallest absolute Gasteiger partial charge is 0.248 e. The lowest BCUT2D eigenvalue weighted by Crippen LogP contribution is -2.66. The third kappa shape index (κ3) is 2.77. The van der Waals surface area contributed by atoms with Gasteiger partial charge < -0.3 is 10.2 Å². The monoisotopic (exact) mass is 290 g/mol. The van der Waals surface area contributed by atoms with Crippen LogP contribution in [0.5, 0.6) is 0 Å². The van der Waals surface area contributed by atoms with Crippen LogP contribution >= 0.6 is 0 Å². The molecule has 1 atom stereocenters. The Morgan fingerprint density at radius 2 is 2.14 bits per heavy atom. The lowest BCUT2D eigenvalue weighted by molar-refractivity contribution is -0.150. The van der Waals surface area contributed by atoms with Crippen LogP contribution in [0.15, 0.2) is 24.3 Å². The van der Waals surface area contributed by atoms with Crippen LogP contribution in [-0.4, -0.2) is 35.3 Å². The molecule has 4 nitrogen and oxygen atoms in total. The number of benzene rings is 1. The summed E-state index contributed by atoms with van der Waals surface area (Å²) in [5.74, 6) is -0.145. The minimum absolute atomic E-state index is 0.0130. The molecule has 21 heavy (non-hydrogen) atoms. The molecular formula is C16H19FN2O2. The summed E-state index contributed by atoms with van der Waals surface area (Å²) >= 11 is 0. The van der Waals surface area contributed by atoms with Gasteiger partial charge in [-0.25, -0.2) is 4.39 Å². The largest absolute Gasteiger partial charge is 0.340 e. The van der Waals surface area contributed by atoms with Crippen LogP contribution in [0.1, 0.15) is 25.3 Å². The maximum absolute atomic E-state index is 13.2. The molecule has 5 heteroatoms. The fraction of sp³-hybridized carbons (Fsp3) is 0.500. The van der Waals surface area contributed by atoms with E-state index in [1.54, 1.807) is 11.0 Å². The molecule has 0 radical (unpaired) electrons. The second-order valence-corrected chi connectivity index (χ2v) is 6.13. The highest BCUT2D eigenvalue weighted by Gasteiger charge is 2.52. The van der Waals surface area contributed by atoms with Crippen molar-refractivity contribution >= 4 is 11.8 Å². The first-order chi connectivity index (χ1) is 9.99. The highest BCUT2D eigenvalue weighted by Crippen LogP contribution is 2.41. The number of piperazine rings is 1. The van der Waals surface area contributed by atoms with Gasteiger partial charge in [-0.3, -0.25) is 9.59 Å². The molecule has 2 fully saturated rings. The number of nitrogens with zero attached hydrogens (tertiary/aromatic N) is 1. The van der Waals surface area contributed by atoms with E-state index in [2.05, 4.69) is 5.32 Å². The number of halogens is 1. The Labute approximate surface area is 123 Å². The van der Waals surface area contributed by atoms with Gasteiger partial charge in [0, 0.05) is 6.54 Å². The minimum Gasteiger partial charge on any atom is -0.340 e. The van der Waals surface area contributed by atoms with Gasteiger partial charge in [0.2, 0.25) is 11.8 Å². The van der Waals surface area contributed by atoms with Crippen LogP contribution in [0.4, 0.5) is 4.39 Å². The quantitative estimate of drug-likeness (QED) is 0.913. The Balaban J connectivity index is 1.69. The predicted molar refractivity (Wildman–Crippen MR) is 76.0 cm³/mol. The first-order valence-electron chi connectivity index (χ1n) is 7.34. The molecule has 1 unspecified atom stereocenters. The molecule has 1 saturated carbocycles. The second-order valence-electron chi connectivity index (χ2n) is 6.13. The summed E-state index contributed by atoms with van der Waals surface area (Å²) in [6.07, 6.45) is 2.53. The maximum atomic E-state index is 13.2. The van der Waals surface area contributed by atoms with E-state index in [0.29, 0.717) is 13.0 Å². The van der Waals surface area contributed by atoms with Crippen LogP contribution in [0, 0.1) is 11.7 Å². The van der Waals surface area contributed by atoms with Gasteiger partial charge in [0.05, 0.1) is 6.54 Å². The van der Waals surface area contributed by atoms with Crippen molar-refractivity contribution in [2.45, 2.75) is 31.7 Å². The normalized spacial score (nSPS) is 25.9. The molecule has 2 aliphatic rings. The highest BCUT2D eigenvalue weighted by molar-refractivity contribution is 5.98. The Hall–Kier alpha value is -1.91. The van der Waals surface area contributed by atoms with Gasteiger partial charge in [0.15, 0.2) is 0 Å². The minimum atomic E-state index is -0.753. The van der Waals surface area contributed by atoms with Gasteiger partial charge in [0.1, 0.15) is 11.4 Å². The maximum Gasteiger partial charge on any atom is 0.248 e. The summed E-state index contributed by atoms with van der Waals surface area (Å²) in [6.45, 7) is 2.35. The number of carbonyl (C=O) groups is 2. The van der Waals surface area contributed by atoms with Crippen molar-refractivity contribution in [1.82, 2.24) is 10.2 Å². The van der Waals surface area contributed by atoms with E-state index in [-0.39, 0.29) is 30.1 Å². The van der Waals surface area contributed by atoms with Crippen molar-refractivity contribution in [2.75, 3.05) is 13.1 Å². The van der Waals surface area contributed by atoms with Crippen LogP contribution < -0.4 is 5.32 Å². The van der Waals surface area contributed by atoms with Gasteiger partial charge in [0.25, 0.3) is 0 Å². The van der Waals surface area contributed by atoms with E-state index in [0.717, 1.165) is 18.4 Å². The highest BCUT2D eigenvalue weighted by atomic mass is 19.1. The van der Waals surface area contributed by atoms with E-state index >= 15 is 0 Å². The number of rotatable bonds is 4. The summed E-state index contributed by atoms with van der Waals surface area (Å²) in [4.78, 5) is 26.1. The molecule has 0 aromatic heterocycles. The molecule has 1 aromatic rings. The molecule has 1 aliphatic heterocycles. The lowest BCUT2D eigenvalue weighted by Gasteiger charge is -2.40. The molecular weight excluding hydrogens is 271 g/mol. The first kappa shape index (κ1) is 14.0. The van der Waals surface area contributed by atoms with E-state index in [1.165, 1.54) is 12.1 Å². The molecule has 3 rings (SSSR count). The van der Waals surface area contributed by atoms with Gasteiger partial charge in [-0.2, -0.15) is 0 Å². The number of carbonyl (C=O) groups excluding carboxylic acids is 2. The number of nitrogens with one attached hydrogen (secondary N) is 1. The summed E-state index contributed by atoms with van der Waals surface area (Å²) in [5.41, 5.74) is 0.0824.